The van der Waals surface area contributed by atoms with E-state index in [1.54, 1.807) is 6.92 Å². The van der Waals surface area contributed by atoms with E-state index in [1.807, 2.05) is 0 Å². The van der Waals surface area contributed by atoms with Gasteiger partial charge in [-0.3, -0.25) is 4.79 Å². The highest BCUT2D eigenvalue weighted by Crippen LogP contribution is 2.34. The number of carbonyl (C=O) groups excluding carboxylic acids is 1. The molecule has 1 aliphatic carbocycles. The summed E-state index contributed by atoms with van der Waals surface area (Å²) in [5.74, 6) is 0.632. The van der Waals surface area contributed by atoms with Crippen LogP contribution < -0.4 is 5.32 Å². The van der Waals surface area contributed by atoms with Gasteiger partial charge in [0.1, 0.15) is 16.6 Å². The second kappa shape index (κ2) is 6.16. The molecule has 1 amide bonds. The van der Waals surface area contributed by atoms with Gasteiger partial charge in [-0.2, -0.15) is 9.64 Å². The lowest BCUT2D eigenvalue weighted by Gasteiger charge is -2.29. The van der Waals surface area contributed by atoms with Crippen molar-refractivity contribution in [2.24, 2.45) is 11.8 Å². The molecular weight excluding hydrogens is 258 g/mol. The predicted octanol–water partition coefficient (Wildman–Crippen LogP) is 3.48. The van der Waals surface area contributed by atoms with Gasteiger partial charge in [0.15, 0.2) is 0 Å². The number of rotatable bonds is 3. The van der Waals surface area contributed by atoms with Crippen molar-refractivity contribution in [2.75, 3.05) is 5.32 Å². The minimum absolute atomic E-state index is 0.0618. The van der Waals surface area contributed by atoms with Gasteiger partial charge < -0.3 is 5.32 Å². The monoisotopic (exact) mass is 277 g/mol. The SMILES string of the molecule is CCC1CCCCC1C(=O)Nc1snc(C)c1C#N. The third-order valence-corrected chi connectivity index (χ3v) is 4.84. The summed E-state index contributed by atoms with van der Waals surface area (Å²) in [5.41, 5.74) is 1.20. The molecule has 1 saturated carbocycles. The maximum Gasteiger partial charge on any atom is 0.228 e. The first-order valence-corrected chi connectivity index (χ1v) is 7.62. The van der Waals surface area contributed by atoms with E-state index in [1.165, 1.54) is 18.0 Å². The Morgan fingerprint density at radius 3 is 2.95 bits per heavy atom. The average Bonchev–Trinajstić information content (AvgIpc) is 2.78. The fourth-order valence-corrected chi connectivity index (χ4v) is 3.58. The molecule has 102 valence electrons. The van der Waals surface area contributed by atoms with Crippen LogP contribution >= 0.6 is 11.5 Å². The summed E-state index contributed by atoms with van der Waals surface area (Å²) in [5, 5.41) is 12.6. The lowest BCUT2D eigenvalue weighted by Crippen LogP contribution is -2.31. The first-order chi connectivity index (χ1) is 9.17. The molecule has 19 heavy (non-hydrogen) atoms. The van der Waals surface area contributed by atoms with Crippen LogP contribution in [0.3, 0.4) is 0 Å². The number of nitrogens with zero attached hydrogens (tertiary/aromatic N) is 2. The molecule has 1 aliphatic rings. The molecule has 0 saturated heterocycles. The lowest BCUT2D eigenvalue weighted by molar-refractivity contribution is -0.122. The van der Waals surface area contributed by atoms with Crippen molar-refractivity contribution in [3.63, 3.8) is 0 Å². The smallest absolute Gasteiger partial charge is 0.228 e. The average molecular weight is 277 g/mol. The van der Waals surface area contributed by atoms with Crippen molar-refractivity contribution in [3.8, 4) is 6.07 Å². The molecule has 1 N–H and O–H groups in total. The Hall–Kier alpha value is -1.41. The highest BCUT2D eigenvalue weighted by atomic mass is 32.1. The summed E-state index contributed by atoms with van der Waals surface area (Å²) in [6, 6.07) is 2.11. The zero-order valence-corrected chi connectivity index (χ0v) is 12.2. The van der Waals surface area contributed by atoms with E-state index >= 15 is 0 Å². The van der Waals surface area contributed by atoms with E-state index in [4.69, 9.17) is 5.26 Å². The molecule has 0 bridgehead atoms. The first-order valence-electron chi connectivity index (χ1n) is 6.84. The molecule has 0 aromatic carbocycles. The number of hydrogen-bond acceptors (Lipinski definition) is 4. The van der Waals surface area contributed by atoms with Gasteiger partial charge in [-0.05, 0) is 37.2 Å². The van der Waals surface area contributed by atoms with Crippen LogP contribution in [-0.2, 0) is 4.79 Å². The van der Waals surface area contributed by atoms with Crippen LogP contribution in [0.4, 0.5) is 5.00 Å². The van der Waals surface area contributed by atoms with E-state index in [9.17, 15) is 4.79 Å². The van der Waals surface area contributed by atoms with Crippen molar-refractivity contribution in [3.05, 3.63) is 11.3 Å². The molecule has 0 aliphatic heterocycles. The summed E-state index contributed by atoms with van der Waals surface area (Å²) >= 11 is 1.20. The summed E-state index contributed by atoms with van der Waals surface area (Å²) in [7, 11) is 0. The quantitative estimate of drug-likeness (QED) is 0.919. The van der Waals surface area contributed by atoms with Crippen molar-refractivity contribution in [1.82, 2.24) is 4.37 Å². The second-order valence-electron chi connectivity index (χ2n) is 5.13. The minimum Gasteiger partial charge on any atom is -0.315 e. The van der Waals surface area contributed by atoms with Gasteiger partial charge in [0, 0.05) is 5.92 Å². The molecule has 2 unspecified atom stereocenters. The Morgan fingerprint density at radius 1 is 1.53 bits per heavy atom. The third kappa shape index (κ3) is 2.95. The number of carbonyl (C=O) groups is 1. The highest BCUT2D eigenvalue weighted by molar-refractivity contribution is 7.10. The van der Waals surface area contributed by atoms with Gasteiger partial charge in [-0.1, -0.05) is 26.2 Å². The Kier molecular flexibility index (Phi) is 4.54. The number of hydrogen-bond donors (Lipinski definition) is 1. The van der Waals surface area contributed by atoms with Crippen molar-refractivity contribution in [2.45, 2.75) is 46.0 Å². The van der Waals surface area contributed by atoms with Gasteiger partial charge in [0.05, 0.1) is 5.69 Å². The lowest BCUT2D eigenvalue weighted by atomic mass is 9.77. The van der Waals surface area contributed by atoms with Gasteiger partial charge >= 0.3 is 0 Å². The summed E-state index contributed by atoms with van der Waals surface area (Å²) in [6.45, 7) is 3.94. The number of nitriles is 1. The molecule has 0 spiro atoms. The molecule has 2 rings (SSSR count). The van der Waals surface area contributed by atoms with Gasteiger partial charge in [-0.25, -0.2) is 0 Å². The van der Waals surface area contributed by atoms with Crippen LogP contribution in [0, 0.1) is 30.1 Å². The zero-order valence-electron chi connectivity index (χ0n) is 11.4. The topological polar surface area (TPSA) is 65.8 Å². The molecule has 5 heteroatoms. The zero-order chi connectivity index (χ0) is 13.8. The number of anilines is 1. The van der Waals surface area contributed by atoms with Crippen LogP contribution in [0.5, 0.6) is 0 Å². The normalized spacial score (nSPS) is 22.8. The minimum atomic E-state index is 0.0618. The molecule has 1 aromatic heterocycles. The molecule has 1 fully saturated rings. The fourth-order valence-electron chi connectivity index (χ4n) is 2.83. The number of aryl methyl sites for hydroxylation is 1. The summed E-state index contributed by atoms with van der Waals surface area (Å²) in [6.07, 6.45) is 5.50. The largest absolute Gasteiger partial charge is 0.315 e. The maximum absolute atomic E-state index is 12.4. The molecule has 1 aromatic rings. The maximum atomic E-state index is 12.4. The number of nitrogens with one attached hydrogen (secondary N) is 1. The van der Waals surface area contributed by atoms with Crippen LogP contribution in [0.1, 0.15) is 50.3 Å². The number of amides is 1. The third-order valence-electron chi connectivity index (χ3n) is 3.98. The molecule has 1 heterocycles. The molecular formula is C14H19N3OS. The van der Waals surface area contributed by atoms with Crippen molar-refractivity contribution in [1.29, 1.82) is 5.26 Å². The fraction of sp³-hybridized carbons (Fsp3) is 0.643. The van der Waals surface area contributed by atoms with Crippen LogP contribution in [0.25, 0.3) is 0 Å². The Morgan fingerprint density at radius 2 is 2.26 bits per heavy atom. The van der Waals surface area contributed by atoms with E-state index in [-0.39, 0.29) is 11.8 Å². The number of aromatic nitrogens is 1. The molecule has 0 radical (unpaired) electrons. The standard InChI is InChI=1S/C14H19N3OS/c1-3-10-6-4-5-7-11(10)13(18)16-14-12(8-15)9(2)17-19-14/h10-11H,3-7H2,1-2H3,(H,16,18). The Bertz CT molecular complexity index is 503. The van der Waals surface area contributed by atoms with Crippen LogP contribution in [-0.4, -0.2) is 10.3 Å². The summed E-state index contributed by atoms with van der Waals surface area (Å²) in [4.78, 5) is 12.4. The van der Waals surface area contributed by atoms with Gasteiger partial charge in [-0.15, -0.1) is 0 Å². The molecule has 2 atom stereocenters. The second-order valence-corrected chi connectivity index (χ2v) is 5.91. The summed E-state index contributed by atoms with van der Waals surface area (Å²) < 4.78 is 4.13. The Balaban J connectivity index is 2.10. The van der Waals surface area contributed by atoms with E-state index in [0.29, 0.717) is 22.2 Å². The first kappa shape index (κ1) is 14.0. The van der Waals surface area contributed by atoms with Gasteiger partial charge in [0.25, 0.3) is 0 Å². The molecule has 4 nitrogen and oxygen atoms in total. The van der Waals surface area contributed by atoms with Crippen LogP contribution in [0.2, 0.25) is 0 Å². The van der Waals surface area contributed by atoms with Crippen molar-refractivity contribution >= 4 is 22.4 Å². The van der Waals surface area contributed by atoms with Gasteiger partial charge in [0.2, 0.25) is 5.91 Å². The van der Waals surface area contributed by atoms with Crippen molar-refractivity contribution < 1.29 is 4.79 Å². The highest BCUT2D eigenvalue weighted by Gasteiger charge is 2.30. The Labute approximate surface area is 118 Å². The van der Waals surface area contributed by atoms with E-state index in [0.717, 1.165) is 25.7 Å². The van der Waals surface area contributed by atoms with E-state index in [2.05, 4.69) is 22.7 Å². The van der Waals surface area contributed by atoms with E-state index < -0.39 is 0 Å². The van der Waals surface area contributed by atoms with Crippen LogP contribution in [0.15, 0.2) is 0 Å². The predicted molar refractivity (Wildman–Crippen MR) is 75.9 cm³/mol.